The smallest absolute Gasteiger partial charge is 0.290 e. The van der Waals surface area contributed by atoms with Crippen molar-refractivity contribution in [2.45, 2.75) is 13.3 Å². The van der Waals surface area contributed by atoms with E-state index in [0.29, 0.717) is 10.6 Å². The number of nitrogens with one attached hydrogen (secondary N) is 1. The van der Waals surface area contributed by atoms with Crippen LogP contribution in [0.1, 0.15) is 19.0 Å². The molecule has 9 heteroatoms. The molecular formula is C23H24N6O2S. The number of imidazole rings is 1. The molecule has 1 aromatic carbocycles. The van der Waals surface area contributed by atoms with Gasteiger partial charge < -0.3 is 4.90 Å². The normalized spacial score (nSPS) is 18.7. The molecule has 3 aromatic rings. The molecule has 164 valence electrons. The second-order valence-corrected chi connectivity index (χ2v) is 8.91. The topological polar surface area (TPSA) is 82.8 Å². The lowest BCUT2D eigenvalue weighted by atomic mass is 10.1. The number of fused-ring (bicyclic) bond motifs is 1. The van der Waals surface area contributed by atoms with Crippen LogP contribution in [0.5, 0.6) is 0 Å². The van der Waals surface area contributed by atoms with E-state index in [1.165, 1.54) is 18.7 Å². The molecule has 5 rings (SSSR count). The summed E-state index contributed by atoms with van der Waals surface area (Å²) in [6, 6.07) is 12.2. The van der Waals surface area contributed by atoms with Gasteiger partial charge in [0.2, 0.25) is 0 Å². The number of hydrogen-bond donors (Lipinski definition) is 1. The number of hydrogen-bond acceptors (Lipinski definition) is 7. The Morgan fingerprint density at radius 1 is 1.06 bits per heavy atom. The summed E-state index contributed by atoms with van der Waals surface area (Å²) in [5, 5.41) is 6.53. The van der Waals surface area contributed by atoms with Gasteiger partial charge in [0.15, 0.2) is 5.65 Å². The minimum Gasteiger partial charge on any atom is -0.369 e. The second kappa shape index (κ2) is 8.76. The number of anilines is 1. The Kier molecular flexibility index (Phi) is 5.67. The molecule has 8 nitrogen and oxygen atoms in total. The van der Waals surface area contributed by atoms with Crippen LogP contribution in [0.25, 0.3) is 23.0 Å². The third-order valence-electron chi connectivity index (χ3n) is 5.74. The van der Waals surface area contributed by atoms with Crippen molar-refractivity contribution in [3.63, 3.8) is 0 Å². The lowest BCUT2D eigenvalue weighted by Gasteiger charge is -2.36. The van der Waals surface area contributed by atoms with Crippen molar-refractivity contribution in [3.05, 3.63) is 53.2 Å². The molecular weight excluding hydrogens is 424 g/mol. The summed E-state index contributed by atoms with van der Waals surface area (Å²) in [7, 11) is 0. The summed E-state index contributed by atoms with van der Waals surface area (Å²) in [6.07, 6.45) is 4.62. The van der Waals surface area contributed by atoms with Gasteiger partial charge in [-0.05, 0) is 55.1 Å². The number of thioether (sulfide) groups is 1. The van der Waals surface area contributed by atoms with Gasteiger partial charge in [-0.25, -0.2) is 9.50 Å². The van der Waals surface area contributed by atoms with Crippen molar-refractivity contribution in [3.8, 4) is 11.3 Å². The second-order valence-electron chi connectivity index (χ2n) is 7.90. The molecule has 2 saturated heterocycles. The molecule has 0 radical (unpaired) electrons. The average molecular weight is 449 g/mol. The maximum Gasteiger partial charge on any atom is 0.290 e. The Bertz CT molecular complexity index is 1190. The van der Waals surface area contributed by atoms with Gasteiger partial charge >= 0.3 is 0 Å². The largest absolute Gasteiger partial charge is 0.369 e. The molecule has 1 N–H and O–H groups in total. The summed E-state index contributed by atoms with van der Waals surface area (Å²) in [5.41, 5.74) is 4.43. The van der Waals surface area contributed by atoms with Gasteiger partial charge in [0.05, 0.1) is 22.5 Å². The van der Waals surface area contributed by atoms with E-state index in [1.807, 2.05) is 6.07 Å². The van der Waals surface area contributed by atoms with Crippen LogP contribution in [-0.4, -0.2) is 63.4 Å². The number of benzene rings is 1. The van der Waals surface area contributed by atoms with Crippen LogP contribution in [0.2, 0.25) is 0 Å². The molecule has 2 amide bonds. The molecule has 0 bridgehead atoms. The number of rotatable bonds is 5. The fraction of sp³-hybridized carbons (Fsp3) is 0.304. The first-order valence-corrected chi connectivity index (χ1v) is 11.6. The van der Waals surface area contributed by atoms with Gasteiger partial charge in [-0.1, -0.05) is 19.1 Å². The number of carbonyl (C=O) groups excluding carboxylic acids is 2. The lowest BCUT2D eigenvalue weighted by Crippen LogP contribution is -2.46. The van der Waals surface area contributed by atoms with E-state index >= 15 is 0 Å². The molecule has 32 heavy (non-hydrogen) atoms. The molecule has 0 saturated carbocycles. The Morgan fingerprint density at radius 3 is 2.53 bits per heavy atom. The van der Waals surface area contributed by atoms with Gasteiger partial charge in [-0.2, -0.15) is 5.10 Å². The summed E-state index contributed by atoms with van der Waals surface area (Å²) in [5.74, 6) is -0.390. The lowest BCUT2D eigenvalue weighted by molar-refractivity contribution is -0.115. The highest BCUT2D eigenvalue weighted by Crippen LogP contribution is 2.27. The minimum atomic E-state index is -0.390. The summed E-state index contributed by atoms with van der Waals surface area (Å²) < 4.78 is 1.77. The molecule has 0 atom stereocenters. The quantitative estimate of drug-likeness (QED) is 0.600. The van der Waals surface area contributed by atoms with Crippen LogP contribution >= 0.6 is 11.8 Å². The highest BCUT2D eigenvalue weighted by molar-refractivity contribution is 8.18. The molecule has 2 aromatic heterocycles. The number of amides is 2. The van der Waals surface area contributed by atoms with Crippen molar-refractivity contribution in [2.24, 2.45) is 0 Å². The molecule has 0 unspecified atom stereocenters. The molecule has 4 heterocycles. The Balaban J connectivity index is 1.37. The van der Waals surface area contributed by atoms with E-state index in [1.54, 1.807) is 22.9 Å². The third-order valence-corrected chi connectivity index (χ3v) is 6.55. The van der Waals surface area contributed by atoms with Crippen molar-refractivity contribution in [2.75, 3.05) is 37.6 Å². The van der Waals surface area contributed by atoms with Crippen molar-refractivity contribution in [1.82, 2.24) is 24.8 Å². The SMILES string of the molecule is CCCN1CCN(c2ccc(-c3cnc4ccc(C=C5SC(=O)NC5=O)nn34)cc2)CC1. The first-order chi connectivity index (χ1) is 15.6. The standard InChI is InChI=1S/C23H24N6O2S/c1-2-9-27-10-12-28(13-11-27)18-6-3-16(4-7-18)19-15-24-21-8-5-17(26-29(19)21)14-20-22(30)25-23(31)32-20/h3-8,14-15H,2,9-13H2,1H3,(H,25,30,31). The third kappa shape index (κ3) is 4.13. The molecule has 0 spiro atoms. The predicted octanol–water partition coefficient (Wildman–Crippen LogP) is 3.25. The van der Waals surface area contributed by atoms with Gasteiger partial charge in [0.25, 0.3) is 11.1 Å². The van der Waals surface area contributed by atoms with Crippen LogP contribution in [-0.2, 0) is 4.79 Å². The maximum absolute atomic E-state index is 11.8. The van der Waals surface area contributed by atoms with Crippen molar-refractivity contribution in [1.29, 1.82) is 0 Å². The number of carbonyl (C=O) groups is 2. The van der Waals surface area contributed by atoms with Crippen LogP contribution < -0.4 is 10.2 Å². The van der Waals surface area contributed by atoms with Crippen LogP contribution in [0.3, 0.4) is 0 Å². The Hall–Kier alpha value is -3.17. The van der Waals surface area contributed by atoms with Gasteiger partial charge in [-0.15, -0.1) is 0 Å². The summed E-state index contributed by atoms with van der Waals surface area (Å²) in [6.45, 7) is 7.70. The van der Waals surface area contributed by atoms with Crippen molar-refractivity contribution >= 4 is 40.3 Å². The van der Waals surface area contributed by atoms with E-state index < -0.39 is 0 Å². The molecule has 2 aliphatic rings. The molecule has 2 aliphatic heterocycles. The van der Waals surface area contributed by atoms with Crippen molar-refractivity contribution < 1.29 is 9.59 Å². The van der Waals surface area contributed by atoms with Gasteiger partial charge in [-0.3, -0.25) is 19.8 Å². The summed E-state index contributed by atoms with van der Waals surface area (Å²) >= 11 is 0.883. The summed E-state index contributed by atoms with van der Waals surface area (Å²) in [4.78, 5) is 33.0. The molecule has 2 fully saturated rings. The van der Waals surface area contributed by atoms with E-state index in [2.05, 4.69) is 56.4 Å². The highest BCUT2D eigenvalue weighted by atomic mass is 32.2. The monoisotopic (exact) mass is 448 g/mol. The zero-order valence-corrected chi connectivity index (χ0v) is 18.6. The first-order valence-electron chi connectivity index (χ1n) is 10.8. The van der Waals surface area contributed by atoms with E-state index in [9.17, 15) is 9.59 Å². The maximum atomic E-state index is 11.8. The minimum absolute atomic E-state index is 0.340. The van der Waals surface area contributed by atoms with Crippen LogP contribution in [0.15, 0.2) is 47.5 Å². The van der Waals surface area contributed by atoms with E-state index in [-0.39, 0.29) is 11.1 Å². The first kappa shape index (κ1) is 20.7. The van der Waals surface area contributed by atoms with Gasteiger partial charge in [0, 0.05) is 37.4 Å². The van der Waals surface area contributed by atoms with E-state index in [0.717, 1.165) is 54.8 Å². The zero-order valence-electron chi connectivity index (χ0n) is 17.8. The highest BCUT2D eigenvalue weighted by Gasteiger charge is 2.25. The predicted molar refractivity (Wildman–Crippen MR) is 126 cm³/mol. The number of piperazine rings is 1. The fourth-order valence-electron chi connectivity index (χ4n) is 4.11. The average Bonchev–Trinajstić information content (AvgIpc) is 3.36. The number of imide groups is 1. The van der Waals surface area contributed by atoms with Crippen LogP contribution in [0.4, 0.5) is 10.5 Å². The fourth-order valence-corrected chi connectivity index (χ4v) is 4.77. The van der Waals surface area contributed by atoms with Crippen LogP contribution in [0, 0.1) is 0 Å². The number of aromatic nitrogens is 3. The Labute approximate surface area is 190 Å². The molecule has 0 aliphatic carbocycles. The zero-order chi connectivity index (χ0) is 22.1. The van der Waals surface area contributed by atoms with E-state index in [4.69, 9.17) is 0 Å². The van der Waals surface area contributed by atoms with Gasteiger partial charge in [0.1, 0.15) is 0 Å². The number of nitrogens with zero attached hydrogens (tertiary/aromatic N) is 5. The Morgan fingerprint density at radius 2 is 1.84 bits per heavy atom.